The molecule has 1 heterocycles. The normalized spacial score (nSPS) is 14.7. The predicted molar refractivity (Wildman–Crippen MR) is 98.0 cm³/mol. The molecule has 10 heteroatoms. The van der Waals surface area contributed by atoms with Crippen molar-refractivity contribution in [2.75, 3.05) is 45.9 Å². The third-order valence-electron chi connectivity index (χ3n) is 4.02. The van der Waals surface area contributed by atoms with Crippen LogP contribution in [0.2, 0.25) is 0 Å². The van der Waals surface area contributed by atoms with Gasteiger partial charge in [0.1, 0.15) is 5.75 Å². The number of rotatable bonds is 7. The molecular formula is C17H25N3O6S. The predicted octanol–water partition coefficient (Wildman–Crippen LogP) is 0.664. The van der Waals surface area contributed by atoms with Gasteiger partial charge in [0, 0.05) is 26.2 Å². The van der Waals surface area contributed by atoms with Crippen LogP contribution in [-0.2, 0) is 19.6 Å². The van der Waals surface area contributed by atoms with E-state index in [0.29, 0.717) is 45.1 Å². The Morgan fingerprint density at radius 3 is 2.15 bits per heavy atom. The Morgan fingerprint density at radius 2 is 1.59 bits per heavy atom. The number of hydrogen-bond donors (Lipinski definition) is 1. The number of carbonyl (C=O) groups is 2. The van der Waals surface area contributed by atoms with Crippen molar-refractivity contribution < 1.29 is 27.5 Å². The number of benzene rings is 1. The standard InChI is InChI=1S/C17H25N3O6S/c1-3-25-14-5-7-15(8-6-14)27(23,24)18-13-16(21)19-9-11-20(12-10-19)17(22)26-4-2/h5-8,18H,3-4,9-13H2,1-2H3. The Morgan fingerprint density at radius 1 is 1.00 bits per heavy atom. The van der Waals surface area contributed by atoms with Gasteiger partial charge in [0.2, 0.25) is 15.9 Å². The Hall–Kier alpha value is -2.33. The Labute approximate surface area is 159 Å². The maximum Gasteiger partial charge on any atom is 0.409 e. The average molecular weight is 399 g/mol. The first-order chi connectivity index (χ1) is 12.9. The van der Waals surface area contributed by atoms with Crippen LogP contribution in [-0.4, -0.2) is 76.2 Å². The van der Waals surface area contributed by atoms with Crippen molar-refractivity contribution in [3.05, 3.63) is 24.3 Å². The third-order valence-corrected chi connectivity index (χ3v) is 5.43. The fourth-order valence-electron chi connectivity index (χ4n) is 2.59. The number of ether oxygens (including phenoxy) is 2. The van der Waals surface area contributed by atoms with E-state index in [0.717, 1.165) is 0 Å². The summed E-state index contributed by atoms with van der Waals surface area (Å²) in [4.78, 5) is 27.0. The minimum Gasteiger partial charge on any atom is -0.494 e. The number of nitrogens with one attached hydrogen (secondary N) is 1. The highest BCUT2D eigenvalue weighted by atomic mass is 32.2. The minimum absolute atomic E-state index is 0.0610. The van der Waals surface area contributed by atoms with Crippen LogP contribution in [0.1, 0.15) is 13.8 Å². The molecule has 1 N–H and O–H groups in total. The van der Waals surface area contributed by atoms with Gasteiger partial charge in [-0.1, -0.05) is 0 Å². The van der Waals surface area contributed by atoms with Crippen LogP contribution in [0, 0.1) is 0 Å². The summed E-state index contributed by atoms with van der Waals surface area (Å²) in [5.74, 6) is 0.236. The van der Waals surface area contributed by atoms with E-state index < -0.39 is 16.1 Å². The summed E-state index contributed by atoms with van der Waals surface area (Å²) in [5.41, 5.74) is 0. The van der Waals surface area contributed by atoms with E-state index in [-0.39, 0.29) is 17.3 Å². The van der Waals surface area contributed by atoms with Gasteiger partial charge in [0.25, 0.3) is 0 Å². The van der Waals surface area contributed by atoms with E-state index >= 15 is 0 Å². The lowest BCUT2D eigenvalue weighted by atomic mass is 10.3. The zero-order valence-corrected chi connectivity index (χ0v) is 16.3. The molecule has 2 rings (SSSR count). The van der Waals surface area contributed by atoms with Gasteiger partial charge in [-0.15, -0.1) is 0 Å². The molecule has 150 valence electrons. The van der Waals surface area contributed by atoms with Gasteiger partial charge in [0.15, 0.2) is 0 Å². The van der Waals surface area contributed by atoms with Gasteiger partial charge < -0.3 is 19.3 Å². The van der Waals surface area contributed by atoms with Gasteiger partial charge >= 0.3 is 6.09 Å². The van der Waals surface area contributed by atoms with Crippen molar-refractivity contribution in [2.45, 2.75) is 18.7 Å². The number of piperazine rings is 1. The zero-order valence-electron chi connectivity index (χ0n) is 15.5. The molecule has 1 aliphatic heterocycles. The molecule has 1 aromatic carbocycles. The Kier molecular flexibility index (Phi) is 7.43. The van der Waals surface area contributed by atoms with Gasteiger partial charge in [-0.2, -0.15) is 0 Å². The Balaban J connectivity index is 1.85. The molecule has 9 nitrogen and oxygen atoms in total. The smallest absolute Gasteiger partial charge is 0.409 e. The van der Waals surface area contributed by atoms with Crippen LogP contribution in [0.5, 0.6) is 5.75 Å². The molecule has 27 heavy (non-hydrogen) atoms. The van der Waals surface area contributed by atoms with E-state index in [1.165, 1.54) is 21.9 Å². The van der Waals surface area contributed by atoms with Crippen LogP contribution in [0.4, 0.5) is 4.79 Å². The van der Waals surface area contributed by atoms with E-state index in [2.05, 4.69) is 4.72 Å². The number of carbonyl (C=O) groups excluding carboxylic acids is 2. The summed E-state index contributed by atoms with van der Waals surface area (Å²) < 4.78 is 37.1. The van der Waals surface area contributed by atoms with E-state index in [1.54, 1.807) is 19.1 Å². The second-order valence-electron chi connectivity index (χ2n) is 5.80. The number of nitrogens with zero attached hydrogens (tertiary/aromatic N) is 2. The zero-order chi connectivity index (χ0) is 19.9. The quantitative estimate of drug-likeness (QED) is 0.722. The number of hydrogen-bond acceptors (Lipinski definition) is 6. The monoisotopic (exact) mass is 399 g/mol. The van der Waals surface area contributed by atoms with Gasteiger partial charge in [-0.3, -0.25) is 4.79 Å². The lowest BCUT2D eigenvalue weighted by molar-refractivity contribution is -0.131. The summed E-state index contributed by atoms with van der Waals surface area (Å²) in [6.07, 6.45) is -0.402. The maximum absolute atomic E-state index is 12.3. The molecule has 0 unspecified atom stereocenters. The molecule has 0 bridgehead atoms. The summed E-state index contributed by atoms with van der Waals surface area (Å²) in [7, 11) is -3.79. The molecule has 1 saturated heterocycles. The van der Waals surface area contributed by atoms with Crippen LogP contribution < -0.4 is 9.46 Å². The Bertz CT molecular complexity index is 742. The van der Waals surface area contributed by atoms with Gasteiger partial charge in [-0.05, 0) is 38.1 Å². The van der Waals surface area contributed by atoms with Gasteiger partial charge in [0.05, 0.1) is 24.7 Å². The van der Waals surface area contributed by atoms with Gasteiger partial charge in [-0.25, -0.2) is 17.9 Å². The topological polar surface area (TPSA) is 105 Å². The first-order valence-electron chi connectivity index (χ1n) is 8.79. The molecular weight excluding hydrogens is 374 g/mol. The first-order valence-corrected chi connectivity index (χ1v) is 10.3. The minimum atomic E-state index is -3.79. The summed E-state index contributed by atoms with van der Waals surface area (Å²) in [5, 5.41) is 0. The van der Waals surface area contributed by atoms with Crippen molar-refractivity contribution in [3.8, 4) is 5.75 Å². The largest absolute Gasteiger partial charge is 0.494 e. The van der Waals surface area contributed by atoms with Crippen LogP contribution in [0.3, 0.4) is 0 Å². The van der Waals surface area contributed by atoms with Crippen molar-refractivity contribution >= 4 is 22.0 Å². The molecule has 2 amide bonds. The fraction of sp³-hybridized carbons (Fsp3) is 0.529. The maximum atomic E-state index is 12.3. The molecule has 0 radical (unpaired) electrons. The van der Waals surface area contributed by atoms with Crippen LogP contribution in [0.15, 0.2) is 29.2 Å². The second-order valence-corrected chi connectivity index (χ2v) is 7.56. The highest BCUT2D eigenvalue weighted by molar-refractivity contribution is 7.89. The molecule has 1 fully saturated rings. The third kappa shape index (κ3) is 5.83. The highest BCUT2D eigenvalue weighted by Crippen LogP contribution is 2.15. The second kappa shape index (κ2) is 9.56. The van der Waals surface area contributed by atoms with Crippen LogP contribution >= 0.6 is 0 Å². The molecule has 1 aromatic rings. The molecule has 0 aromatic heterocycles. The van der Waals surface area contributed by atoms with Crippen molar-refractivity contribution in [1.29, 1.82) is 0 Å². The lowest BCUT2D eigenvalue weighted by Crippen LogP contribution is -2.52. The first kappa shape index (κ1) is 21.0. The van der Waals surface area contributed by atoms with E-state index in [4.69, 9.17) is 9.47 Å². The molecule has 0 aliphatic carbocycles. The molecule has 0 saturated carbocycles. The summed E-state index contributed by atoms with van der Waals surface area (Å²) in [6.45, 7) is 5.40. The van der Waals surface area contributed by atoms with E-state index in [1.807, 2.05) is 6.92 Å². The summed E-state index contributed by atoms with van der Waals surface area (Å²) >= 11 is 0. The summed E-state index contributed by atoms with van der Waals surface area (Å²) in [6, 6.07) is 5.98. The number of amides is 2. The molecule has 0 atom stereocenters. The lowest BCUT2D eigenvalue weighted by Gasteiger charge is -2.34. The van der Waals surface area contributed by atoms with Crippen molar-refractivity contribution in [2.24, 2.45) is 0 Å². The molecule has 0 spiro atoms. The highest BCUT2D eigenvalue weighted by Gasteiger charge is 2.25. The SMILES string of the molecule is CCOC(=O)N1CCN(C(=O)CNS(=O)(=O)c2ccc(OCC)cc2)CC1. The molecule has 1 aliphatic rings. The van der Waals surface area contributed by atoms with Crippen molar-refractivity contribution in [1.82, 2.24) is 14.5 Å². The van der Waals surface area contributed by atoms with E-state index in [9.17, 15) is 18.0 Å². The average Bonchev–Trinajstić information content (AvgIpc) is 2.67. The van der Waals surface area contributed by atoms with Crippen LogP contribution in [0.25, 0.3) is 0 Å². The van der Waals surface area contributed by atoms with Crippen molar-refractivity contribution in [3.63, 3.8) is 0 Å². The number of sulfonamides is 1. The fourth-order valence-corrected chi connectivity index (χ4v) is 3.56.